The van der Waals surface area contributed by atoms with Crippen molar-refractivity contribution in [1.82, 2.24) is 5.32 Å². The van der Waals surface area contributed by atoms with E-state index in [-0.39, 0.29) is 29.8 Å². The number of benzene rings is 2. The first-order valence-electron chi connectivity index (χ1n) is 11.1. The van der Waals surface area contributed by atoms with E-state index in [0.717, 1.165) is 30.6 Å². The number of ether oxygens (including phenoxy) is 1. The largest absolute Gasteiger partial charge is 0.497 e. The highest BCUT2D eigenvalue weighted by atomic mass is 32.1. The van der Waals surface area contributed by atoms with Gasteiger partial charge in [0.05, 0.1) is 13.5 Å². The lowest BCUT2D eigenvalue weighted by molar-refractivity contribution is -0.127. The van der Waals surface area contributed by atoms with Crippen LogP contribution in [-0.2, 0) is 16.0 Å². The maximum Gasteiger partial charge on any atom is 0.248 e. The summed E-state index contributed by atoms with van der Waals surface area (Å²) >= 11 is 1.47. The number of hydrogen-bond donors (Lipinski definition) is 1. The van der Waals surface area contributed by atoms with Gasteiger partial charge in [-0.3, -0.25) is 14.5 Å². The van der Waals surface area contributed by atoms with E-state index in [4.69, 9.17) is 4.74 Å². The standard InChI is InChI=1S/C26H27FN2O3S/c1-32-20-11-6-10-19(16-20)29(24(30)17-21-12-7-15-33-21)25(22-13-4-5-14-23(22)27)26(31)28-18-8-2-3-9-18/h4-7,10-16,18,25H,2-3,8-9,17H2,1H3,(H,28,31)/t25-/m1/s1. The van der Waals surface area contributed by atoms with E-state index in [1.807, 2.05) is 17.5 Å². The number of methoxy groups -OCH3 is 1. The molecule has 1 heterocycles. The van der Waals surface area contributed by atoms with Gasteiger partial charge in [-0.15, -0.1) is 11.3 Å². The molecule has 0 spiro atoms. The van der Waals surface area contributed by atoms with Crippen LogP contribution in [0.25, 0.3) is 0 Å². The van der Waals surface area contributed by atoms with E-state index in [9.17, 15) is 9.59 Å². The monoisotopic (exact) mass is 466 g/mol. The summed E-state index contributed by atoms with van der Waals surface area (Å²) in [5, 5.41) is 4.97. The fourth-order valence-corrected chi connectivity index (χ4v) is 4.99. The maximum atomic E-state index is 15.0. The van der Waals surface area contributed by atoms with E-state index in [2.05, 4.69) is 5.32 Å². The molecule has 1 atom stereocenters. The van der Waals surface area contributed by atoms with Gasteiger partial charge in [-0.1, -0.05) is 43.2 Å². The zero-order chi connectivity index (χ0) is 23.2. The number of amides is 2. The molecule has 1 aliphatic rings. The SMILES string of the molecule is COc1cccc(N(C(=O)Cc2cccs2)[C@@H](C(=O)NC2CCCC2)c2ccccc2F)c1. The molecule has 0 bridgehead atoms. The molecule has 172 valence electrons. The first-order chi connectivity index (χ1) is 16.1. The van der Waals surface area contributed by atoms with Crippen molar-refractivity contribution >= 4 is 28.8 Å². The van der Waals surface area contributed by atoms with Crippen molar-refractivity contribution in [2.45, 2.75) is 44.2 Å². The Kier molecular flexibility index (Phi) is 7.40. The quantitative estimate of drug-likeness (QED) is 0.492. The van der Waals surface area contributed by atoms with Crippen LogP contribution in [0.2, 0.25) is 0 Å². The van der Waals surface area contributed by atoms with Crippen molar-refractivity contribution in [3.63, 3.8) is 0 Å². The number of nitrogens with one attached hydrogen (secondary N) is 1. The number of rotatable bonds is 8. The van der Waals surface area contributed by atoms with Crippen LogP contribution in [0.5, 0.6) is 5.75 Å². The van der Waals surface area contributed by atoms with Gasteiger partial charge in [0, 0.05) is 28.2 Å². The Morgan fingerprint density at radius 2 is 1.91 bits per heavy atom. The number of halogens is 1. The van der Waals surface area contributed by atoms with Gasteiger partial charge in [0.25, 0.3) is 0 Å². The zero-order valence-electron chi connectivity index (χ0n) is 18.5. The zero-order valence-corrected chi connectivity index (χ0v) is 19.3. The number of carbonyl (C=O) groups excluding carboxylic acids is 2. The Bertz CT molecular complexity index is 1100. The van der Waals surface area contributed by atoms with E-state index in [1.54, 1.807) is 42.5 Å². The number of carbonyl (C=O) groups is 2. The van der Waals surface area contributed by atoms with Crippen LogP contribution in [0, 0.1) is 5.82 Å². The minimum absolute atomic E-state index is 0.0336. The first kappa shape index (κ1) is 23.0. The molecule has 4 rings (SSSR count). The lowest BCUT2D eigenvalue weighted by atomic mass is 10.0. The normalized spacial score (nSPS) is 14.6. The predicted molar refractivity (Wildman–Crippen MR) is 128 cm³/mol. The molecule has 7 heteroatoms. The molecule has 0 aliphatic heterocycles. The lowest BCUT2D eigenvalue weighted by Crippen LogP contribution is -2.47. The molecule has 3 aromatic rings. The molecule has 5 nitrogen and oxygen atoms in total. The Hall–Kier alpha value is -3.19. The number of thiophene rings is 1. The molecule has 1 aromatic heterocycles. The molecule has 1 saturated carbocycles. The Morgan fingerprint density at radius 1 is 1.12 bits per heavy atom. The van der Waals surface area contributed by atoms with Crippen LogP contribution in [0.15, 0.2) is 66.0 Å². The minimum atomic E-state index is -1.15. The smallest absolute Gasteiger partial charge is 0.248 e. The highest BCUT2D eigenvalue weighted by Gasteiger charge is 2.36. The molecular weight excluding hydrogens is 439 g/mol. The summed E-state index contributed by atoms with van der Waals surface area (Å²) in [5.74, 6) is -0.652. The van der Waals surface area contributed by atoms with Crippen LogP contribution < -0.4 is 15.0 Å². The Balaban J connectivity index is 1.79. The molecular formula is C26H27FN2O3S. The predicted octanol–water partition coefficient (Wildman–Crippen LogP) is 5.27. The fraction of sp³-hybridized carbons (Fsp3) is 0.308. The number of anilines is 1. The summed E-state index contributed by atoms with van der Waals surface area (Å²) in [6.07, 6.45) is 3.98. The molecule has 0 unspecified atom stereocenters. The molecule has 1 N–H and O–H groups in total. The fourth-order valence-electron chi connectivity index (χ4n) is 4.29. The maximum absolute atomic E-state index is 15.0. The van der Waals surface area contributed by atoms with Gasteiger partial charge in [0.1, 0.15) is 17.6 Å². The first-order valence-corrected chi connectivity index (χ1v) is 12.0. The summed E-state index contributed by atoms with van der Waals surface area (Å²) in [6.45, 7) is 0. The van der Waals surface area contributed by atoms with Crippen molar-refractivity contribution in [2.24, 2.45) is 0 Å². The second-order valence-corrected chi connectivity index (χ2v) is 9.17. The van der Waals surface area contributed by atoms with Gasteiger partial charge >= 0.3 is 0 Å². The summed E-state index contributed by atoms with van der Waals surface area (Å²) in [5.41, 5.74) is 0.640. The Morgan fingerprint density at radius 3 is 2.61 bits per heavy atom. The van der Waals surface area contributed by atoms with Crippen LogP contribution in [0.3, 0.4) is 0 Å². The molecule has 2 amide bonds. The van der Waals surface area contributed by atoms with Crippen LogP contribution in [-0.4, -0.2) is 25.0 Å². The van der Waals surface area contributed by atoms with Crippen LogP contribution in [0.1, 0.15) is 42.2 Å². The van der Waals surface area contributed by atoms with E-state index < -0.39 is 11.9 Å². The van der Waals surface area contributed by atoms with Crippen molar-refractivity contribution in [1.29, 1.82) is 0 Å². The molecule has 1 aliphatic carbocycles. The van der Waals surface area contributed by atoms with E-state index >= 15 is 4.39 Å². The molecule has 0 saturated heterocycles. The average molecular weight is 467 g/mol. The van der Waals surface area contributed by atoms with Gasteiger partial charge in [-0.2, -0.15) is 0 Å². The summed E-state index contributed by atoms with van der Waals surface area (Å²) in [7, 11) is 1.54. The second-order valence-electron chi connectivity index (χ2n) is 8.14. The Labute approximate surface area is 197 Å². The van der Waals surface area contributed by atoms with Gasteiger partial charge in [-0.25, -0.2) is 4.39 Å². The molecule has 33 heavy (non-hydrogen) atoms. The highest BCUT2D eigenvalue weighted by molar-refractivity contribution is 7.10. The third kappa shape index (κ3) is 5.42. The lowest BCUT2D eigenvalue weighted by Gasteiger charge is -2.32. The molecule has 1 fully saturated rings. The summed E-state index contributed by atoms with van der Waals surface area (Å²) in [4.78, 5) is 29.6. The van der Waals surface area contributed by atoms with Gasteiger partial charge < -0.3 is 10.1 Å². The third-order valence-corrected chi connectivity index (χ3v) is 6.79. The van der Waals surface area contributed by atoms with Crippen molar-refractivity contribution in [3.05, 3.63) is 82.3 Å². The molecule has 0 radical (unpaired) electrons. The third-order valence-electron chi connectivity index (χ3n) is 5.91. The summed E-state index contributed by atoms with van der Waals surface area (Å²) in [6, 6.07) is 15.8. The van der Waals surface area contributed by atoms with Gasteiger partial charge in [-0.05, 0) is 42.5 Å². The number of nitrogens with zero attached hydrogens (tertiary/aromatic N) is 1. The number of hydrogen-bond acceptors (Lipinski definition) is 4. The minimum Gasteiger partial charge on any atom is -0.497 e. The van der Waals surface area contributed by atoms with Gasteiger partial charge in [0.2, 0.25) is 11.8 Å². The van der Waals surface area contributed by atoms with Crippen molar-refractivity contribution < 1.29 is 18.7 Å². The molecule has 2 aromatic carbocycles. The van der Waals surface area contributed by atoms with Crippen molar-refractivity contribution in [3.8, 4) is 5.75 Å². The van der Waals surface area contributed by atoms with E-state index in [1.165, 1.54) is 29.4 Å². The topological polar surface area (TPSA) is 58.6 Å². The van der Waals surface area contributed by atoms with Crippen LogP contribution in [0.4, 0.5) is 10.1 Å². The average Bonchev–Trinajstić information content (AvgIpc) is 3.52. The van der Waals surface area contributed by atoms with Gasteiger partial charge in [0.15, 0.2) is 0 Å². The summed E-state index contributed by atoms with van der Waals surface area (Å²) < 4.78 is 20.4. The second kappa shape index (κ2) is 10.6. The van der Waals surface area contributed by atoms with Crippen molar-refractivity contribution in [2.75, 3.05) is 12.0 Å². The highest BCUT2D eigenvalue weighted by Crippen LogP contribution is 2.33. The van der Waals surface area contributed by atoms with E-state index in [0.29, 0.717) is 11.4 Å². The van der Waals surface area contributed by atoms with Crippen LogP contribution >= 0.6 is 11.3 Å².